The summed E-state index contributed by atoms with van der Waals surface area (Å²) in [6.45, 7) is 7.41. The Kier molecular flexibility index (Phi) is 6.00. The van der Waals surface area contributed by atoms with Gasteiger partial charge in [0, 0.05) is 11.8 Å². The Labute approximate surface area is 174 Å². The molecule has 2 amide bonds. The van der Waals surface area contributed by atoms with Crippen LogP contribution in [0, 0.1) is 17.0 Å². The first-order chi connectivity index (χ1) is 14.2. The molecule has 1 aromatic carbocycles. The zero-order valence-corrected chi connectivity index (χ0v) is 17.3. The van der Waals surface area contributed by atoms with Crippen molar-refractivity contribution in [1.82, 2.24) is 4.98 Å². The molecule has 2 aromatic rings. The van der Waals surface area contributed by atoms with Crippen LogP contribution in [0.5, 0.6) is 5.75 Å². The lowest BCUT2D eigenvalue weighted by atomic mass is 9.98. The molecule has 9 heteroatoms. The van der Waals surface area contributed by atoms with Gasteiger partial charge in [-0.1, -0.05) is 39.0 Å². The number of ether oxygens (including phenoxy) is 1. The molecule has 1 N–H and O–H groups in total. The van der Waals surface area contributed by atoms with Crippen molar-refractivity contribution in [1.29, 1.82) is 0 Å². The number of pyridine rings is 1. The highest BCUT2D eigenvalue weighted by Crippen LogP contribution is 2.35. The van der Waals surface area contributed by atoms with E-state index in [1.807, 2.05) is 39.0 Å². The number of hydrogen-bond donors (Lipinski definition) is 1. The van der Waals surface area contributed by atoms with Crippen molar-refractivity contribution in [3.8, 4) is 5.75 Å². The third-order valence-corrected chi connectivity index (χ3v) is 4.94. The van der Waals surface area contributed by atoms with Crippen LogP contribution in [0.15, 0.2) is 30.3 Å². The standard InChI is InChI=1S/C21H24N4O5/c1-5-15-21(27)24(20-16(30-15)9-10-17(22-20)25(28)29)11-18(26)23-19-13(4)7-6-8-14(19)12(2)3/h6-10,12,15H,5,11H2,1-4H3,(H,23,26). The molecule has 1 aliphatic heterocycles. The molecule has 30 heavy (non-hydrogen) atoms. The number of amides is 2. The van der Waals surface area contributed by atoms with E-state index in [1.54, 1.807) is 6.92 Å². The Morgan fingerprint density at radius 2 is 2.07 bits per heavy atom. The predicted molar refractivity (Wildman–Crippen MR) is 112 cm³/mol. The summed E-state index contributed by atoms with van der Waals surface area (Å²) < 4.78 is 5.62. The van der Waals surface area contributed by atoms with Crippen molar-refractivity contribution >= 4 is 29.1 Å². The summed E-state index contributed by atoms with van der Waals surface area (Å²) >= 11 is 0. The van der Waals surface area contributed by atoms with E-state index in [1.165, 1.54) is 12.1 Å². The number of nitro groups is 1. The van der Waals surface area contributed by atoms with Gasteiger partial charge < -0.3 is 20.2 Å². The molecule has 1 aromatic heterocycles. The summed E-state index contributed by atoms with van der Waals surface area (Å²) in [7, 11) is 0. The van der Waals surface area contributed by atoms with E-state index in [9.17, 15) is 19.7 Å². The van der Waals surface area contributed by atoms with Crippen molar-refractivity contribution in [2.24, 2.45) is 0 Å². The summed E-state index contributed by atoms with van der Waals surface area (Å²) in [6.07, 6.45) is -0.388. The number of benzene rings is 1. The Balaban J connectivity index is 1.92. The Morgan fingerprint density at radius 1 is 1.33 bits per heavy atom. The molecule has 1 unspecified atom stereocenters. The molecule has 9 nitrogen and oxygen atoms in total. The second-order valence-corrected chi connectivity index (χ2v) is 7.43. The highest BCUT2D eigenvalue weighted by atomic mass is 16.6. The third-order valence-electron chi connectivity index (χ3n) is 4.94. The number of anilines is 2. The van der Waals surface area contributed by atoms with E-state index >= 15 is 0 Å². The number of aromatic nitrogens is 1. The Morgan fingerprint density at radius 3 is 2.70 bits per heavy atom. The van der Waals surface area contributed by atoms with Gasteiger partial charge in [0.2, 0.25) is 5.91 Å². The Hall–Kier alpha value is -3.49. The van der Waals surface area contributed by atoms with Gasteiger partial charge in [-0.3, -0.25) is 14.5 Å². The SMILES string of the molecule is CCC1Oc2ccc([N+](=O)[O-])nc2N(CC(=O)Nc2c(C)cccc2C(C)C)C1=O. The van der Waals surface area contributed by atoms with E-state index in [0.717, 1.165) is 16.0 Å². The van der Waals surface area contributed by atoms with Crippen LogP contribution < -0.4 is 15.0 Å². The number of nitrogens with one attached hydrogen (secondary N) is 1. The maximum atomic E-state index is 12.9. The van der Waals surface area contributed by atoms with E-state index < -0.39 is 28.7 Å². The monoisotopic (exact) mass is 412 g/mol. The summed E-state index contributed by atoms with van der Waals surface area (Å²) in [4.78, 5) is 41.3. The third kappa shape index (κ3) is 4.10. The van der Waals surface area contributed by atoms with Crippen molar-refractivity contribution < 1.29 is 19.2 Å². The lowest BCUT2D eigenvalue weighted by molar-refractivity contribution is -0.389. The molecule has 1 aliphatic rings. The van der Waals surface area contributed by atoms with Crippen LogP contribution in [0.1, 0.15) is 44.2 Å². The fourth-order valence-corrected chi connectivity index (χ4v) is 3.37. The second kappa shape index (κ2) is 8.48. The first-order valence-corrected chi connectivity index (χ1v) is 9.75. The highest BCUT2D eigenvalue weighted by Gasteiger charge is 2.39. The van der Waals surface area contributed by atoms with Crippen molar-refractivity contribution in [2.45, 2.75) is 46.1 Å². The minimum absolute atomic E-state index is 0.0251. The van der Waals surface area contributed by atoms with Crippen LogP contribution in [0.3, 0.4) is 0 Å². The zero-order valence-electron chi connectivity index (χ0n) is 17.3. The zero-order chi connectivity index (χ0) is 22.0. The van der Waals surface area contributed by atoms with Crippen LogP contribution in [0.2, 0.25) is 0 Å². The number of para-hydroxylation sites is 1. The molecule has 0 fully saturated rings. The van der Waals surface area contributed by atoms with Crippen LogP contribution in [0.4, 0.5) is 17.3 Å². The molecule has 0 radical (unpaired) electrons. The van der Waals surface area contributed by atoms with Crippen molar-refractivity contribution in [3.05, 3.63) is 51.6 Å². The molecule has 158 valence electrons. The number of carbonyl (C=O) groups excluding carboxylic acids is 2. The lowest BCUT2D eigenvalue weighted by Crippen LogP contribution is -2.49. The van der Waals surface area contributed by atoms with Crippen molar-refractivity contribution in [3.63, 3.8) is 0 Å². The van der Waals surface area contributed by atoms with E-state index in [-0.39, 0.29) is 24.0 Å². The average Bonchev–Trinajstić information content (AvgIpc) is 2.70. The number of hydrogen-bond acceptors (Lipinski definition) is 6. The normalized spacial score (nSPS) is 15.6. The van der Waals surface area contributed by atoms with Crippen molar-refractivity contribution in [2.75, 3.05) is 16.8 Å². The highest BCUT2D eigenvalue weighted by molar-refractivity contribution is 6.06. The number of aryl methyl sites for hydroxylation is 1. The molecular formula is C21H24N4O5. The molecule has 0 saturated heterocycles. The maximum Gasteiger partial charge on any atom is 0.366 e. The van der Waals surface area contributed by atoms with Gasteiger partial charge in [-0.2, -0.15) is 0 Å². The van der Waals surface area contributed by atoms with Gasteiger partial charge in [-0.05, 0) is 46.4 Å². The maximum absolute atomic E-state index is 12.9. The fourth-order valence-electron chi connectivity index (χ4n) is 3.37. The molecule has 0 bridgehead atoms. The number of rotatable bonds is 6. The first-order valence-electron chi connectivity index (χ1n) is 9.75. The quantitative estimate of drug-likeness (QED) is 0.573. The van der Waals surface area contributed by atoms with Gasteiger partial charge in [0.25, 0.3) is 11.7 Å². The molecule has 0 spiro atoms. The van der Waals surface area contributed by atoms with Crippen LogP contribution in [-0.4, -0.2) is 34.4 Å². The lowest BCUT2D eigenvalue weighted by Gasteiger charge is -2.30. The van der Waals surface area contributed by atoms with Crippen LogP contribution in [-0.2, 0) is 9.59 Å². The first kappa shape index (κ1) is 21.2. The summed E-state index contributed by atoms with van der Waals surface area (Å²) in [5.41, 5.74) is 2.60. The van der Waals surface area contributed by atoms with Gasteiger partial charge in [0.1, 0.15) is 6.54 Å². The molecule has 0 saturated carbocycles. The van der Waals surface area contributed by atoms with Gasteiger partial charge in [-0.25, -0.2) is 0 Å². The fraction of sp³-hybridized carbons (Fsp3) is 0.381. The summed E-state index contributed by atoms with van der Waals surface area (Å²) in [5.74, 6) is -0.898. The van der Waals surface area contributed by atoms with Gasteiger partial charge in [0.15, 0.2) is 11.9 Å². The Bertz CT molecular complexity index is 1000. The molecule has 3 rings (SSSR count). The summed E-state index contributed by atoms with van der Waals surface area (Å²) in [5, 5.41) is 14.0. The summed E-state index contributed by atoms with van der Waals surface area (Å²) in [6, 6.07) is 8.38. The van der Waals surface area contributed by atoms with E-state index in [4.69, 9.17) is 4.74 Å². The minimum Gasteiger partial charge on any atom is -0.474 e. The average molecular weight is 412 g/mol. The predicted octanol–water partition coefficient (Wildman–Crippen LogP) is 3.56. The minimum atomic E-state index is -0.779. The van der Waals surface area contributed by atoms with Gasteiger partial charge >= 0.3 is 5.82 Å². The van der Waals surface area contributed by atoms with Gasteiger partial charge in [-0.15, -0.1) is 0 Å². The molecule has 1 atom stereocenters. The number of nitrogens with zero attached hydrogens (tertiary/aromatic N) is 3. The van der Waals surface area contributed by atoms with E-state index in [2.05, 4.69) is 10.3 Å². The van der Waals surface area contributed by atoms with Crippen LogP contribution >= 0.6 is 0 Å². The smallest absolute Gasteiger partial charge is 0.366 e. The largest absolute Gasteiger partial charge is 0.474 e. The molecule has 2 heterocycles. The number of fused-ring (bicyclic) bond motifs is 1. The molecular weight excluding hydrogens is 388 g/mol. The topological polar surface area (TPSA) is 115 Å². The van der Waals surface area contributed by atoms with Crippen LogP contribution in [0.25, 0.3) is 0 Å². The number of carbonyl (C=O) groups is 2. The molecule has 0 aliphatic carbocycles. The van der Waals surface area contributed by atoms with E-state index in [0.29, 0.717) is 12.1 Å². The second-order valence-electron chi connectivity index (χ2n) is 7.43. The van der Waals surface area contributed by atoms with Gasteiger partial charge in [0.05, 0.1) is 0 Å².